The van der Waals surface area contributed by atoms with Crippen molar-refractivity contribution in [1.29, 1.82) is 0 Å². The third-order valence-electron chi connectivity index (χ3n) is 16.0. The van der Waals surface area contributed by atoms with E-state index in [1.54, 1.807) is 11.1 Å². The minimum atomic E-state index is -0.106. The molecule has 6 bridgehead atoms. The van der Waals surface area contributed by atoms with Crippen LogP contribution in [0, 0.1) is 29.6 Å². The van der Waals surface area contributed by atoms with E-state index in [0.717, 1.165) is 35.5 Å². The molecule has 7 aliphatic carbocycles. The number of nitrogens with zero attached hydrogens (tertiary/aromatic N) is 2. The summed E-state index contributed by atoms with van der Waals surface area (Å²) in [6.07, 6.45) is 14.5. The molecule has 53 heavy (non-hydrogen) atoms. The molecule has 6 saturated carbocycles. The highest BCUT2D eigenvalue weighted by Crippen LogP contribution is 2.61. The molecule has 1 aromatic heterocycles. The predicted octanol–water partition coefficient (Wildman–Crippen LogP) is 13.5. The molecule has 0 radical (unpaired) electrons. The van der Waals surface area contributed by atoms with Gasteiger partial charge in [0.1, 0.15) is 0 Å². The highest BCUT2D eigenvalue weighted by molar-refractivity contribution is 6.14. The van der Waals surface area contributed by atoms with Crippen molar-refractivity contribution in [1.82, 2.24) is 4.57 Å². The molecule has 1 heterocycles. The number of rotatable bonds is 5. The third kappa shape index (κ3) is 4.39. The number of para-hydroxylation sites is 1. The Labute approximate surface area is 315 Å². The van der Waals surface area contributed by atoms with Crippen LogP contribution in [0.25, 0.3) is 32.9 Å². The molecule has 266 valence electrons. The predicted molar refractivity (Wildman–Crippen MR) is 221 cm³/mol. The SMILES string of the molecule is Cn1c2ccccc2c2ccc3c(c21)-c1ccc(N(c2ccc(C4CC5CCC4C5)cc2)c2ccc(C45CC6CC(CC(C6)C4)C5)cc2)cc1C3(C)C. The Morgan fingerprint density at radius 2 is 1.28 bits per heavy atom. The molecule has 0 spiro atoms. The average Bonchev–Trinajstić information content (AvgIpc) is 3.93. The maximum absolute atomic E-state index is 2.56. The zero-order valence-electron chi connectivity index (χ0n) is 31.7. The van der Waals surface area contributed by atoms with Crippen molar-refractivity contribution in [3.05, 3.63) is 125 Å². The molecular weight excluding hydrogens is 641 g/mol. The van der Waals surface area contributed by atoms with E-state index in [-0.39, 0.29) is 5.41 Å². The van der Waals surface area contributed by atoms with Crippen LogP contribution in [0.2, 0.25) is 0 Å². The van der Waals surface area contributed by atoms with Crippen LogP contribution >= 0.6 is 0 Å². The van der Waals surface area contributed by atoms with E-state index >= 15 is 0 Å². The van der Waals surface area contributed by atoms with Gasteiger partial charge in [-0.25, -0.2) is 0 Å². The van der Waals surface area contributed by atoms with E-state index in [9.17, 15) is 0 Å². The van der Waals surface area contributed by atoms with E-state index in [1.165, 1.54) is 125 Å². The van der Waals surface area contributed by atoms with Crippen LogP contribution in [0.1, 0.15) is 106 Å². The molecule has 2 heteroatoms. The fourth-order valence-corrected chi connectivity index (χ4v) is 14.0. The Balaban J connectivity index is 0.976. The summed E-state index contributed by atoms with van der Waals surface area (Å²) in [5.41, 5.74) is 15.6. The minimum absolute atomic E-state index is 0.106. The second-order valence-corrected chi connectivity index (χ2v) is 19.3. The van der Waals surface area contributed by atoms with E-state index in [2.05, 4.69) is 133 Å². The Morgan fingerprint density at radius 3 is 1.96 bits per heavy atom. The van der Waals surface area contributed by atoms with Gasteiger partial charge in [0.2, 0.25) is 0 Å². The summed E-state index contributed by atoms with van der Waals surface area (Å²) in [6, 6.07) is 40.8. The minimum Gasteiger partial charge on any atom is -0.343 e. The molecule has 0 N–H and O–H groups in total. The second kappa shape index (κ2) is 10.9. The van der Waals surface area contributed by atoms with Crippen LogP contribution in [-0.4, -0.2) is 4.57 Å². The number of anilines is 3. The Bertz CT molecular complexity index is 2410. The average molecular weight is 693 g/mol. The summed E-state index contributed by atoms with van der Waals surface area (Å²) in [5.74, 6) is 5.48. The van der Waals surface area contributed by atoms with Gasteiger partial charge in [0, 0.05) is 51.4 Å². The summed E-state index contributed by atoms with van der Waals surface area (Å²) >= 11 is 0. The maximum Gasteiger partial charge on any atom is 0.0571 e. The van der Waals surface area contributed by atoms with Crippen LogP contribution in [0.3, 0.4) is 0 Å². The molecule has 0 amide bonds. The smallest absolute Gasteiger partial charge is 0.0571 e. The monoisotopic (exact) mass is 692 g/mol. The number of benzene rings is 5. The molecular formula is C51H52N2. The van der Waals surface area contributed by atoms with Gasteiger partial charge in [0.15, 0.2) is 0 Å². The normalized spacial score (nSPS) is 30.0. The molecule has 7 aliphatic rings. The van der Waals surface area contributed by atoms with Crippen LogP contribution in [0.15, 0.2) is 103 Å². The van der Waals surface area contributed by atoms with Crippen molar-refractivity contribution in [2.24, 2.45) is 36.6 Å². The third-order valence-corrected chi connectivity index (χ3v) is 16.0. The van der Waals surface area contributed by atoms with E-state index in [4.69, 9.17) is 0 Å². The number of aromatic nitrogens is 1. The van der Waals surface area contributed by atoms with Gasteiger partial charge in [-0.15, -0.1) is 0 Å². The summed E-state index contributed by atoms with van der Waals surface area (Å²) in [7, 11) is 2.25. The van der Waals surface area contributed by atoms with Gasteiger partial charge in [-0.3, -0.25) is 0 Å². The highest BCUT2D eigenvalue weighted by Gasteiger charge is 2.51. The zero-order valence-corrected chi connectivity index (χ0v) is 31.7. The molecule has 5 aromatic carbocycles. The lowest BCUT2D eigenvalue weighted by atomic mass is 9.48. The van der Waals surface area contributed by atoms with Gasteiger partial charge in [0.05, 0.1) is 5.52 Å². The van der Waals surface area contributed by atoms with Crippen molar-refractivity contribution >= 4 is 38.9 Å². The van der Waals surface area contributed by atoms with E-state index in [1.807, 2.05) is 0 Å². The summed E-state index contributed by atoms with van der Waals surface area (Å²) in [6.45, 7) is 4.87. The van der Waals surface area contributed by atoms with Crippen molar-refractivity contribution < 1.29 is 0 Å². The van der Waals surface area contributed by atoms with Crippen molar-refractivity contribution in [2.45, 2.75) is 94.8 Å². The first-order valence-corrected chi connectivity index (χ1v) is 21.0. The van der Waals surface area contributed by atoms with Crippen LogP contribution in [0.5, 0.6) is 0 Å². The van der Waals surface area contributed by atoms with E-state index in [0.29, 0.717) is 5.41 Å². The lowest BCUT2D eigenvalue weighted by Gasteiger charge is -2.57. The van der Waals surface area contributed by atoms with Crippen molar-refractivity contribution in [3.8, 4) is 11.1 Å². The fraction of sp³-hybridized carbons (Fsp3) is 0.412. The van der Waals surface area contributed by atoms with Crippen molar-refractivity contribution in [3.63, 3.8) is 0 Å². The molecule has 13 rings (SSSR count). The lowest BCUT2D eigenvalue weighted by Crippen LogP contribution is -2.48. The topological polar surface area (TPSA) is 8.17 Å². The van der Waals surface area contributed by atoms with Crippen LogP contribution < -0.4 is 4.90 Å². The standard InChI is InChI=1S/C51H52N2/c1-50(2)45-21-20-42-41-6-4-5-7-47(41)52(3)49(42)48(45)43-19-18-40(27-46(43)50)53(38-14-10-35(11-15-38)44-26-31-8-9-36(44)25-31)39-16-12-37(13-17-39)51-28-32-22-33(29-51)24-34(23-32)30-51/h4-7,10-21,27,31-34,36,44H,8-9,22-26,28-30H2,1-3H3. The number of hydrogen-bond donors (Lipinski definition) is 0. The van der Waals surface area contributed by atoms with Gasteiger partial charge in [0.25, 0.3) is 0 Å². The molecule has 3 atom stereocenters. The molecule has 0 saturated heterocycles. The second-order valence-electron chi connectivity index (χ2n) is 19.3. The summed E-state index contributed by atoms with van der Waals surface area (Å²) in [5, 5.41) is 2.69. The lowest BCUT2D eigenvalue weighted by molar-refractivity contribution is -0.00518. The Kier molecular flexibility index (Phi) is 6.39. The van der Waals surface area contributed by atoms with Gasteiger partial charge < -0.3 is 9.47 Å². The number of fused-ring (bicyclic) bond motifs is 9. The van der Waals surface area contributed by atoms with Gasteiger partial charge in [-0.2, -0.15) is 0 Å². The molecule has 0 aliphatic heterocycles. The zero-order chi connectivity index (χ0) is 35.2. The number of hydrogen-bond acceptors (Lipinski definition) is 1. The maximum atomic E-state index is 2.56. The largest absolute Gasteiger partial charge is 0.343 e. The van der Waals surface area contributed by atoms with E-state index < -0.39 is 0 Å². The quantitative estimate of drug-likeness (QED) is 0.175. The van der Waals surface area contributed by atoms with Crippen LogP contribution in [-0.2, 0) is 17.9 Å². The Morgan fingerprint density at radius 1 is 0.604 bits per heavy atom. The number of aryl methyl sites for hydroxylation is 1. The molecule has 3 unspecified atom stereocenters. The van der Waals surface area contributed by atoms with Crippen molar-refractivity contribution in [2.75, 3.05) is 4.90 Å². The Hall–Kier alpha value is -4.30. The molecule has 2 nitrogen and oxygen atoms in total. The molecule has 6 aromatic rings. The first kappa shape index (κ1) is 31.1. The van der Waals surface area contributed by atoms with Gasteiger partial charge in [-0.05, 0) is 169 Å². The first-order valence-electron chi connectivity index (χ1n) is 21.0. The fourth-order valence-electron chi connectivity index (χ4n) is 14.0. The molecule has 6 fully saturated rings. The highest BCUT2D eigenvalue weighted by atomic mass is 15.1. The van der Waals surface area contributed by atoms with Gasteiger partial charge in [-0.1, -0.05) is 80.9 Å². The van der Waals surface area contributed by atoms with Gasteiger partial charge >= 0.3 is 0 Å². The summed E-state index contributed by atoms with van der Waals surface area (Å²) in [4.78, 5) is 2.56. The van der Waals surface area contributed by atoms with Crippen LogP contribution in [0.4, 0.5) is 17.1 Å². The first-order chi connectivity index (χ1) is 25.8. The summed E-state index contributed by atoms with van der Waals surface area (Å²) < 4.78 is 2.43.